The van der Waals surface area contributed by atoms with Gasteiger partial charge >= 0.3 is 7.82 Å². The van der Waals surface area contributed by atoms with Gasteiger partial charge in [0.15, 0.2) is 23.5 Å². The largest absolute Gasteiger partial charge is 0.475 e. The van der Waals surface area contributed by atoms with E-state index in [-0.39, 0.29) is 23.7 Å². The topological polar surface area (TPSA) is 144 Å². The Morgan fingerprint density at radius 3 is 3.04 bits per heavy atom. The highest BCUT2D eigenvalue weighted by atomic mass is 35.5. The van der Waals surface area contributed by atoms with Gasteiger partial charge in [0, 0.05) is 0 Å². The van der Waals surface area contributed by atoms with Gasteiger partial charge in [-0.25, -0.2) is 13.9 Å². The molecule has 3 N–H and O–H groups in total. The smallest absolute Gasteiger partial charge is 0.369 e. The molecule has 2 aliphatic heterocycles. The van der Waals surface area contributed by atoms with Crippen LogP contribution in [0.2, 0.25) is 0 Å². The standard InChI is InChI=1S/C13H16ClFN5O6P/c1-5(2)25-27(22)23-3-6-8(26-27)13(14,15)11(24-6)20-4-17-7-9(20)18-12(16)19-10(7)21/h4-6,8,11H,3H2,1-2H3,(H3,16,18,19,21). The van der Waals surface area contributed by atoms with Crippen LogP contribution in [0.25, 0.3) is 11.2 Å². The second-order valence-electron chi connectivity index (χ2n) is 6.40. The second-order valence-corrected chi connectivity index (χ2v) is 8.55. The zero-order valence-electron chi connectivity index (χ0n) is 14.2. The number of fused-ring (bicyclic) bond motifs is 2. The number of anilines is 1. The van der Waals surface area contributed by atoms with Crippen molar-refractivity contribution < 1.29 is 27.3 Å². The fourth-order valence-electron chi connectivity index (χ4n) is 2.99. The molecule has 5 unspecified atom stereocenters. The Bertz CT molecular complexity index is 995. The number of phosphoric ester groups is 1. The van der Waals surface area contributed by atoms with Crippen molar-refractivity contribution >= 4 is 36.5 Å². The van der Waals surface area contributed by atoms with E-state index in [9.17, 15) is 9.36 Å². The number of aromatic nitrogens is 4. The van der Waals surface area contributed by atoms with Crippen LogP contribution in [0.15, 0.2) is 11.1 Å². The molecule has 148 valence electrons. The molecule has 0 spiro atoms. The van der Waals surface area contributed by atoms with Crippen molar-refractivity contribution in [2.45, 2.75) is 43.5 Å². The van der Waals surface area contributed by atoms with E-state index in [2.05, 4.69) is 15.0 Å². The van der Waals surface area contributed by atoms with E-state index in [0.717, 1.165) is 10.9 Å². The fourth-order valence-corrected chi connectivity index (χ4v) is 4.98. The molecule has 2 aromatic rings. The summed E-state index contributed by atoms with van der Waals surface area (Å²) >= 11 is 6.10. The number of nitrogen functional groups attached to an aromatic ring is 1. The van der Waals surface area contributed by atoms with Crippen LogP contribution < -0.4 is 11.3 Å². The van der Waals surface area contributed by atoms with Crippen molar-refractivity contribution in [3.8, 4) is 0 Å². The van der Waals surface area contributed by atoms with Gasteiger partial charge in [0.1, 0.15) is 6.10 Å². The van der Waals surface area contributed by atoms with Crippen LogP contribution in [0.1, 0.15) is 20.1 Å². The summed E-state index contributed by atoms with van der Waals surface area (Å²) in [6, 6.07) is 0. The number of hydrogen-bond donors (Lipinski definition) is 2. The number of halogens is 2. The monoisotopic (exact) mass is 423 g/mol. The summed E-state index contributed by atoms with van der Waals surface area (Å²) in [5, 5.41) is -2.67. The number of nitrogens with two attached hydrogens (primary N) is 1. The van der Waals surface area contributed by atoms with Gasteiger partial charge in [0.05, 0.1) is 19.0 Å². The molecule has 0 saturated carbocycles. The van der Waals surface area contributed by atoms with Crippen LogP contribution in [-0.4, -0.2) is 49.6 Å². The first-order chi connectivity index (χ1) is 12.6. The van der Waals surface area contributed by atoms with Crippen LogP contribution in [-0.2, 0) is 22.9 Å². The van der Waals surface area contributed by atoms with Crippen molar-refractivity contribution in [1.82, 2.24) is 19.5 Å². The first kappa shape index (κ1) is 18.8. The fraction of sp³-hybridized carbons (Fsp3) is 0.615. The Morgan fingerprint density at radius 1 is 1.59 bits per heavy atom. The molecule has 2 aromatic heterocycles. The number of phosphoric acid groups is 1. The number of aromatic amines is 1. The molecule has 2 aliphatic rings. The lowest BCUT2D eigenvalue weighted by molar-refractivity contribution is -0.0733. The van der Waals surface area contributed by atoms with Crippen LogP contribution in [0.5, 0.6) is 0 Å². The molecule has 0 amide bonds. The Kier molecular flexibility index (Phi) is 4.33. The Hall–Kier alpha value is -1.56. The average Bonchev–Trinajstić information content (AvgIpc) is 3.05. The van der Waals surface area contributed by atoms with Crippen molar-refractivity contribution in [1.29, 1.82) is 0 Å². The van der Waals surface area contributed by atoms with Crippen LogP contribution in [0.3, 0.4) is 0 Å². The zero-order chi connectivity index (χ0) is 19.6. The Morgan fingerprint density at radius 2 is 2.33 bits per heavy atom. The molecule has 5 atom stereocenters. The van der Waals surface area contributed by atoms with E-state index < -0.39 is 43.0 Å². The molecule has 4 rings (SSSR count). The summed E-state index contributed by atoms with van der Waals surface area (Å²) < 4.78 is 50.2. The highest BCUT2D eigenvalue weighted by Crippen LogP contribution is 2.61. The third-order valence-electron chi connectivity index (χ3n) is 4.03. The number of imidazole rings is 1. The van der Waals surface area contributed by atoms with Gasteiger partial charge in [0.2, 0.25) is 5.95 Å². The summed E-state index contributed by atoms with van der Waals surface area (Å²) in [6.45, 7) is 2.99. The van der Waals surface area contributed by atoms with E-state index in [4.69, 9.17) is 35.6 Å². The number of alkyl halides is 2. The molecule has 11 nitrogen and oxygen atoms in total. The predicted molar refractivity (Wildman–Crippen MR) is 90.8 cm³/mol. The zero-order valence-corrected chi connectivity index (χ0v) is 15.8. The predicted octanol–water partition coefficient (Wildman–Crippen LogP) is 1.45. The van der Waals surface area contributed by atoms with Crippen LogP contribution >= 0.6 is 19.4 Å². The van der Waals surface area contributed by atoms with Crippen molar-refractivity contribution in [2.24, 2.45) is 0 Å². The van der Waals surface area contributed by atoms with Crippen molar-refractivity contribution in [2.75, 3.05) is 12.3 Å². The molecule has 0 bridgehead atoms. The van der Waals surface area contributed by atoms with E-state index in [1.807, 2.05) is 0 Å². The van der Waals surface area contributed by atoms with Gasteiger partial charge in [-0.3, -0.25) is 27.9 Å². The van der Waals surface area contributed by atoms with Gasteiger partial charge in [-0.2, -0.15) is 4.98 Å². The number of H-pyrrole nitrogens is 1. The Balaban J connectivity index is 1.71. The molecule has 0 aromatic carbocycles. The normalized spacial score (nSPS) is 36.4. The maximum absolute atomic E-state index is 15.5. The SMILES string of the molecule is CC(C)OP1(=O)OCC2OC(n3cnc4c(=O)[nH]c(N)nc43)C(F)(Cl)C2O1. The summed E-state index contributed by atoms with van der Waals surface area (Å²) in [5.41, 5.74) is 4.86. The number of rotatable bonds is 3. The van der Waals surface area contributed by atoms with Crippen molar-refractivity contribution in [3.63, 3.8) is 0 Å². The quantitative estimate of drug-likeness (QED) is 0.553. The van der Waals surface area contributed by atoms with Gasteiger partial charge in [-0.15, -0.1) is 0 Å². The number of nitrogens with zero attached hydrogens (tertiary/aromatic N) is 3. The highest BCUT2D eigenvalue weighted by molar-refractivity contribution is 7.48. The van der Waals surface area contributed by atoms with Crippen molar-refractivity contribution in [3.05, 3.63) is 16.7 Å². The van der Waals surface area contributed by atoms with E-state index in [1.165, 1.54) is 0 Å². The average molecular weight is 424 g/mol. The molecule has 2 saturated heterocycles. The minimum atomic E-state index is -4.01. The maximum atomic E-state index is 15.5. The van der Waals surface area contributed by atoms with Gasteiger partial charge in [-0.1, -0.05) is 11.6 Å². The van der Waals surface area contributed by atoms with E-state index >= 15 is 4.39 Å². The highest BCUT2D eigenvalue weighted by Gasteiger charge is 2.63. The third kappa shape index (κ3) is 3.06. The first-order valence-corrected chi connectivity index (χ1v) is 9.81. The Labute approximate surface area is 156 Å². The lowest BCUT2D eigenvalue weighted by atomic mass is 10.1. The van der Waals surface area contributed by atoms with Gasteiger partial charge in [0.25, 0.3) is 10.7 Å². The maximum Gasteiger partial charge on any atom is 0.475 e. The lowest BCUT2D eigenvalue weighted by Crippen LogP contribution is -2.43. The van der Waals surface area contributed by atoms with Crippen LogP contribution in [0, 0.1) is 0 Å². The molecular weight excluding hydrogens is 408 g/mol. The minimum Gasteiger partial charge on any atom is -0.369 e. The molecule has 0 aliphatic carbocycles. The summed E-state index contributed by atoms with van der Waals surface area (Å²) in [7, 11) is -4.01. The summed E-state index contributed by atoms with van der Waals surface area (Å²) in [6.07, 6.45) is -3.23. The molecule has 4 heterocycles. The van der Waals surface area contributed by atoms with Gasteiger partial charge in [-0.05, 0) is 13.8 Å². The summed E-state index contributed by atoms with van der Waals surface area (Å²) in [4.78, 5) is 22.1. The minimum absolute atomic E-state index is 0.0231. The molecule has 2 fully saturated rings. The lowest BCUT2D eigenvalue weighted by Gasteiger charge is -2.33. The number of nitrogens with one attached hydrogen (secondary N) is 1. The molecule has 0 radical (unpaired) electrons. The number of ether oxygens (including phenoxy) is 1. The van der Waals surface area contributed by atoms with Crippen LogP contribution in [0.4, 0.5) is 10.3 Å². The van der Waals surface area contributed by atoms with E-state index in [0.29, 0.717) is 0 Å². The molecule has 27 heavy (non-hydrogen) atoms. The van der Waals surface area contributed by atoms with E-state index in [1.54, 1.807) is 13.8 Å². The first-order valence-electron chi connectivity index (χ1n) is 7.98. The third-order valence-corrected chi connectivity index (χ3v) is 6.06. The molecule has 14 heteroatoms. The molecular formula is C13H16ClFN5O6P. The van der Waals surface area contributed by atoms with Gasteiger partial charge < -0.3 is 10.5 Å². The number of hydrogen-bond acceptors (Lipinski definition) is 9. The second kappa shape index (κ2) is 6.23. The summed E-state index contributed by atoms with van der Waals surface area (Å²) in [5.74, 6) is -0.182.